The number of pyridine rings is 1. The van der Waals surface area contributed by atoms with Crippen molar-refractivity contribution in [1.82, 2.24) is 10.3 Å². The number of benzene rings is 1. The van der Waals surface area contributed by atoms with E-state index in [0.717, 1.165) is 5.56 Å². The Morgan fingerprint density at radius 3 is 2.75 bits per heavy atom. The summed E-state index contributed by atoms with van der Waals surface area (Å²) in [5.41, 5.74) is 1.51. The van der Waals surface area contributed by atoms with Gasteiger partial charge in [0.25, 0.3) is 0 Å². The number of aromatic nitrogens is 1. The number of hydrogen-bond donors (Lipinski definition) is 2. The number of nitrogens with one attached hydrogen (secondary N) is 2. The maximum absolute atomic E-state index is 13.0. The summed E-state index contributed by atoms with van der Waals surface area (Å²) >= 11 is 0. The van der Waals surface area contributed by atoms with Gasteiger partial charge < -0.3 is 10.6 Å². The van der Waals surface area contributed by atoms with Gasteiger partial charge in [0.15, 0.2) is 0 Å². The highest BCUT2D eigenvalue weighted by atomic mass is 19.1. The smallest absolute Gasteiger partial charge is 0.238 e. The summed E-state index contributed by atoms with van der Waals surface area (Å²) in [6.45, 7) is 2.12. The lowest BCUT2D eigenvalue weighted by molar-refractivity contribution is -0.115. The Labute approximate surface area is 117 Å². The van der Waals surface area contributed by atoms with Crippen LogP contribution in [0.3, 0.4) is 0 Å². The first-order chi connectivity index (χ1) is 9.65. The molecule has 104 valence electrons. The molecule has 0 unspecified atom stereocenters. The van der Waals surface area contributed by atoms with Gasteiger partial charge >= 0.3 is 0 Å². The molecule has 0 bridgehead atoms. The number of amides is 1. The SMILES string of the molecule is C[C@@H](NCC(=O)Nc1cccc(F)c1)c1ccncc1. The normalized spacial score (nSPS) is 11.9. The second-order valence-corrected chi connectivity index (χ2v) is 4.44. The lowest BCUT2D eigenvalue weighted by atomic mass is 10.1. The lowest BCUT2D eigenvalue weighted by Crippen LogP contribution is -2.30. The van der Waals surface area contributed by atoms with E-state index in [9.17, 15) is 9.18 Å². The average molecular weight is 273 g/mol. The van der Waals surface area contributed by atoms with E-state index in [1.807, 2.05) is 19.1 Å². The molecular weight excluding hydrogens is 257 g/mol. The number of anilines is 1. The highest BCUT2D eigenvalue weighted by molar-refractivity contribution is 5.92. The fourth-order valence-corrected chi connectivity index (χ4v) is 1.79. The first-order valence-electron chi connectivity index (χ1n) is 6.34. The van der Waals surface area contributed by atoms with Crippen LogP contribution >= 0.6 is 0 Å². The molecule has 0 radical (unpaired) electrons. The minimum atomic E-state index is -0.374. The molecule has 0 spiro atoms. The van der Waals surface area contributed by atoms with Crippen molar-refractivity contribution in [3.63, 3.8) is 0 Å². The molecule has 4 nitrogen and oxygen atoms in total. The monoisotopic (exact) mass is 273 g/mol. The van der Waals surface area contributed by atoms with Crippen molar-refractivity contribution in [2.24, 2.45) is 0 Å². The number of carbonyl (C=O) groups is 1. The van der Waals surface area contributed by atoms with Gasteiger partial charge in [0.05, 0.1) is 6.54 Å². The van der Waals surface area contributed by atoms with Crippen molar-refractivity contribution < 1.29 is 9.18 Å². The summed E-state index contributed by atoms with van der Waals surface area (Å²) < 4.78 is 13.0. The zero-order chi connectivity index (χ0) is 14.4. The van der Waals surface area contributed by atoms with Crippen molar-refractivity contribution in [2.75, 3.05) is 11.9 Å². The summed E-state index contributed by atoms with van der Waals surface area (Å²) in [6.07, 6.45) is 3.42. The van der Waals surface area contributed by atoms with Crippen LogP contribution in [0.25, 0.3) is 0 Å². The first kappa shape index (κ1) is 14.1. The third kappa shape index (κ3) is 4.13. The second-order valence-electron chi connectivity index (χ2n) is 4.44. The predicted molar refractivity (Wildman–Crippen MR) is 75.7 cm³/mol. The quantitative estimate of drug-likeness (QED) is 0.880. The van der Waals surface area contributed by atoms with Crippen molar-refractivity contribution in [1.29, 1.82) is 0 Å². The highest BCUT2D eigenvalue weighted by Gasteiger charge is 2.07. The van der Waals surface area contributed by atoms with Gasteiger partial charge in [0.2, 0.25) is 5.91 Å². The van der Waals surface area contributed by atoms with Gasteiger partial charge in [0, 0.05) is 24.1 Å². The van der Waals surface area contributed by atoms with Gasteiger partial charge in [-0.3, -0.25) is 9.78 Å². The molecular formula is C15H16FN3O. The number of halogens is 1. The minimum absolute atomic E-state index is 0.0382. The average Bonchev–Trinajstić information content (AvgIpc) is 2.46. The van der Waals surface area contributed by atoms with E-state index in [4.69, 9.17) is 0 Å². The van der Waals surface area contributed by atoms with Crippen LogP contribution in [-0.2, 0) is 4.79 Å². The van der Waals surface area contributed by atoms with Gasteiger partial charge in [-0.2, -0.15) is 0 Å². The van der Waals surface area contributed by atoms with Gasteiger partial charge in [-0.1, -0.05) is 6.07 Å². The Morgan fingerprint density at radius 1 is 1.30 bits per heavy atom. The van der Waals surface area contributed by atoms with E-state index in [-0.39, 0.29) is 24.3 Å². The number of hydrogen-bond acceptors (Lipinski definition) is 3. The van der Waals surface area contributed by atoms with Crippen LogP contribution in [0, 0.1) is 5.82 Å². The molecule has 0 aliphatic rings. The van der Waals surface area contributed by atoms with Gasteiger partial charge in [-0.05, 0) is 42.8 Å². The van der Waals surface area contributed by atoms with Gasteiger partial charge in [0.1, 0.15) is 5.82 Å². The molecule has 0 saturated heterocycles. The molecule has 0 saturated carbocycles. The molecule has 1 atom stereocenters. The van der Waals surface area contributed by atoms with Crippen LogP contribution in [0.4, 0.5) is 10.1 Å². The largest absolute Gasteiger partial charge is 0.325 e. The van der Waals surface area contributed by atoms with Crippen LogP contribution < -0.4 is 10.6 Å². The Balaban J connectivity index is 1.83. The van der Waals surface area contributed by atoms with Gasteiger partial charge in [-0.25, -0.2) is 4.39 Å². The molecule has 0 fully saturated rings. The predicted octanol–water partition coefficient (Wildman–Crippen LogP) is 2.51. The zero-order valence-electron chi connectivity index (χ0n) is 11.1. The van der Waals surface area contributed by atoms with Crippen LogP contribution in [0.2, 0.25) is 0 Å². The van der Waals surface area contributed by atoms with E-state index < -0.39 is 0 Å². The van der Waals surface area contributed by atoms with Crippen molar-refractivity contribution in [3.8, 4) is 0 Å². The number of carbonyl (C=O) groups excluding carboxylic acids is 1. The van der Waals surface area contributed by atoms with E-state index >= 15 is 0 Å². The Bertz CT molecular complexity index is 574. The van der Waals surface area contributed by atoms with E-state index in [1.165, 1.54) is 12.1 Å². The molecule has 0 aliphatic heterocycles. The molecule has 5 heteroatoms. The fourth-order valence-electron chi connectivity index (χ4n) is 1.79. The van der Waals surface area contributed by atoms with Crippen molar-refractivity contribution in [3.05, 3.63) is 60.2 Å². The molecule has 2 rings (SSSR count). The molecule has 1 heterocycles. The topological polar surface area (TPSA) is 54.0 Å². The molecule has 1 amide bonds. The van der Waals surface area contributed by atoms with Gasteiger partial charge in [-0.15, -0.1) is 0 Å². The van der Waals surface area contributed by atoms with E-state index in [0.29, 0.717) is 5.69 Å². The highest BCUT2D eigenvalue weighted by Crippen LogP contribution is 2.11. The molecule has 20 heavy (non-hydrogen) atoms. The number of rotatable bonds is 5. The maximum Gasteiger partial charge on any atom is 0.238 e. The molecule has 1 aromatic carbocycles. The summed E-state index contributed by atoms with van der Waals surface area (Å²) in [4.78, 5) is 15.7. The third-order valence-corrected chi connectivity index (χ3v) is 2.88. The Morgan fingerprint density at radius 2 is 2.05 bits per heavy atom. The molecule has 2 aromatic rings. The van der Waals surface area contributed by atoms with E-state index in [2.05, 4.69) is 15.6 Å². The van der Waals surface area contributed by atoms with Crippen molar-refractivity contribution in [2.45, 2.75) is 13.0 Å². The number of nitrogens with zero attached hydrogens (tertiary/aromatic N) is 1. The molecule has 1 aromatic heterocycles. The van der Waals surface area contributed by atoms with E-state index in [1.54, 1.807) is 24.5 Å². The zero-order valence-corrected chi connectivity index (χ0v) is 11.1. The maximum atomic E-state index is 13.0. The first-order valence-corrected chi connectivity index (χ1v) is 6.34. The van der Waals surface area contributed by atoms with Crippen LogP contribution in [0.1, 0.15) is 18.5 Å². The fraction of sp³-hybridized carbons (Fsp3) is 0.200. The molecule has 2 N–H and O–H groups in total. The summed E-state index contributed by atoms with van der Waals surface area (Å²) in [5, 5.41) is 5.74. The lowest BCUT2D eigenvalue weighted by Gasteiger charge is -2.13. The molecule has 0 aliphatic carbocycles. The Kier molecular flexibility index (Phi) is 4.79. The standard InChI is InChI=1S/C15H16FN3O/c1-11(12-5-7-17-8-6-12)18-10-15(20)19-14-4-2-3-13(16)9-14/h2-9,11,18H,10H2,1H3,(H,19,20)/t11-/m1/s1. The van der Waals surface area contributed by atoms with Crippen LogP contribution in [0.5, 0.6) is 0 Å². The second kappa shape index (κ2) is 6.77. The summed E-state index contributed by atoms with van der Waals surface area (Å²) in [5.74, 6) is -0.586. The summed E-state index contributed by atoms with van der Waals surface area (Å²) in [6, 6.07) is 9.63. The minimum Gasteiger partial charge on any atom is -0.325 e. The Hall–Kier alpha value is -2.27. The summed E-state index contributed by atoms with van der Waals surface area (Å²) in [7, 11) is 0. The van der Waals surface area contributed by atoms with Crippen LogP contribution in [-0.4, -0.2) is 17.4 Å². The van der Waals surface area contributed by atoms with Crippen molar-refractivity contribution >= 4 is 11.6 Å². The third-order valence-electron chi connectivity index (χ3n) is 2.88. The van der Waals surface area contributed by atoms with Crippen LogP contribution in [0.15, 0.2) is 48.8 Å².